The zero-order valence-corrected chi connectivity index (χ0v) is 19.6. The maximum atomic E-state index is 14.6. The molecule has 0 radical (unpaired) electrons. The standard InChI is InChI=1S/C27H29N2O2P/c1-4-31-32(30,26-18-16-25(17-19-26)29(2)3)27(22-11-6-5-7-12-22)28-24-15-14-21-10-8-9-13-23(21)20-24/h5-20,27-28H,4H2,1-3H3. The first-order valence-electron chi connectivity index (χ1n) is 10.8. The summed E-state index contributed by atoms with van der Waals surface area (Å²) in [7, 11) is 0.673. The first-order valence-corrected chi connectivity index (χ1v) is 12.5. The topological polar surface area (TPSA) is 41.6 Å². The third-order valence-corrected chi connectivity index (χ3v) is 8.32. The van der Waals surface area contributed by atoms with E-state index in [0.717, 1.165) is 22.3 Å². The number of hydrogen-bond donors (Lipinski definition) is 1. The quantitative estimate of drug-likeness (QED) is 0.309. The highest BCUT2D eigenvalue weighted by molar-refractivity contribution is 7.67. The van der Waals surface area contributed by atoms with Gasteiger partial charge in [-0.05, 0) is 59.7 Å². The van der Waals surface area contributed by atoms with Gasteiger partial charge in [-0.2, -0.15) is 0 Å². The van der Waals surface area contributed by atoms with Gasteiger partial charge < -0.3 is 14.7 Å². The number of nitrogens with one attached hydrogen (secondary N) is 1. The van der Waals surface area contributed by atoms with Crippen LogP contribution in [-0.2, 0) is 9.09 Å². The average molecular weight is 445 g/mol. The van der Waals surface area contributed by atoms with Crippen LogP contribution in [0.5, 0.6) is 0 Å². The Bertz CT molecular complexity index is 1220. The molecular weight excluding hydrogens is 415 g/mol. The fourth-order valence-electron chi connectivity index (χ4n) is 3.89. The summed E-state index contributed by atoms with van der Waals surface area (Å²) in [5, 5.41) is 6.55. The lowest BCUT2D eigenvalue weighted by molar-refractivity contribution is 0.335. The van der Waals surface area contributed by atoms with Crippen LogP contribution in [-0.4, -0.2) is 20.7 Å². The van der Waals surface area contributed by atoms with Gasteiger partial charge in [-0.3, -0.25) is 4.57 Å². The molecule has 0 fully saturated rings. The third-order valence-electron chi connectivity index (χ3n) is 5.55. The molecule has 1 N–H and O–H groups in total. The van der Waals surface area contributed by atoms with Crippen LogP contribution in [0.15, 0.2) is 97.1 Å². The van der Waals surface area contributed by atoms with Gasteiger partial charge in [0.2, 0.25) is 0 Å². The first kappa shape index (κ1) is 22.1. The molecule has 0 aliphatic heterocycles. The van der Waals surface area contributed by atoms with Gasteiger partial charge in [0, 0.05) is 30.8 Å². The van der Waals surface area contributed by atoms with Crippen molar-refractivity contribution in [3.63, 3.8) is 0 Å². The van der Waals surface area contributed by atoms with Gasteiger partial charge in [0.1, 0.15) is 5.78 Å². The SMILES string of the molecule is CCOP(=O)(c1ccc(N(C)C)cc1)C(Nc1ccc2ccccc2c1)c1ccccc1. The predicted molar refractivity (Wildman–Crippen MR) is 136 cm³/mol. The fourth-order valence-corrected chi connectivity index (χ4v) is 6.31. The molecule has 0 amide bonds. The Morgan fingerprint density at radius 3 is 2.16 bits per heavy atom. The summed E-state index contributed by atoms with van der Waals surface area (Å²) in [6, 6.07) is 32.1. The van der Waals surface area contributed by atoms with E-state index in [1.54, 1.807) is 0 Å². The Kier molecular flexibility index (Phi) is 6.64. The van der Waals surface area contributed by atoms with Crippen molar-refractivity contribution >= 4 is 34.8 Å². The number of anilines is 2. The molecule has 5 heteroatoms. The number of nitrogens with zero attached hydrogens (tertiary/aromatic N) is 1. The van der Waals surface area contributed by atoms with Gasteiger partial charge in [-0.1, -0.05) is 60.7 Å². The van der Waals surface area contributed by atoms with Crippen molar-refractivity contribution in [3.05, 3.63) is 103 Å². The molecular formula is C27H29N2O2P. The van der Waals surface area contributed by atoms with Crippen LogP contribution < -0.4 is 15.5 Å². The second kappa shape index (κ2) is 9.60. The van der Waals surface area contributed by atoms with Crippen LogP contribution in [0.2, 0.25) is 0 Å². The van der Waals surface area contributed by atoms with Crippen molar-refractivity contribution in [2.75, 3.05) is 30.9 Å². The summed E-state index contributed by atoms with van der Waals surface area (Å²) in [5.74, 6) is -0.519. The Hall–Kier alpha value is -3.07. The maximum Gasteiger partial charge on any atom is 0.258 e. The largest absolute Gasteiger partial charge is 0.378 e. The lowest BCUT2D eigenvalue weighted by Crippen LogP contribution is -2.21. The van der Waals surface area contributed by atoms with Gasteiger partial charge in [0.15, 0.2) is 0 Å². The van der Waals surface area contributed by atoms with Crippen molar-refractivity contribution in [1.29, 1.82) is 0 Å². The molecule has 0 aromatic heterocycles. The molecule has 4 rings (SSSR count). The zero-order chi connectivity index (χ0) is 22.6. The maximum absolute atomic E-state index is 14.6. The highest BCUT2D eigenvalue weighted by atomic mass is 31.2. The second-order valence-corrected chi connectivity index (χ2v) is 10.4. The molecule has 0 heterocycles. The fraction of sp³-hybridized carbons (Fsp3) is 0.185. The van der Waals surface area contributed by atoms with Crippen LogP contribution in [0.1, 0.15) is 18.3 Å². The van der Waals surface area contributed by atoms with E-state index >= 15 is 0 Å². The minimum atomic E-state index is -3.31. The highest BCUT2D eigenvalue weighted by Crippen LogP contribution is 2.59. The normalized spacial score (nSPS) is 14.0. The Morgan fingerprint density at radius 1 is 0.844 bits per heavy atom. The molecule has 4 aromatic carbocycles. The molecule has 0 saturated heterocycles. The minimum Gasteiger partial charge on any atom is -0.378 e. The van der Waals surface area contributed by atoms with E-state index < -0.39 is 13.2 Å². The van der Waals surface area contributed by atoms with E-state index in [9.17, 15) is 4.57 Å². The van der Waals surface area contributed by atoms with Gasteiger partial charge in [0.25, 0.3) is 7.37 Å². The van der Waals surface area contributed by atoms with Crippen LogP contribution in [0.25, 0.3) is 10.8 Å². The van der Waals surface area contributed by atoms with Gasteiger partial charge in [-0.15, -0.1) is 0 Å². The molecule has 0 aliphatic carbocycles. The Balaban J connectivity index is 1.80. The molecule has 2 atom stereocenters. The number of benzene rings is 4. The monoisotopic (exact) mass is 444 g/mol. The highest BCUT2D eigenvalue weighted by Gasteiger charge is 2.37. The molecule has 4 nitrogen and oxygen atoms in total. The molecule has 0 bridgehead atoms. The van der Waals surface area contributed by atoms with Gasteiger partial charge >= 0.3 is 0 Å². The lowest BCUT2D eigenvalue weighted by Gasteiger charge is -2.30. The van der Waals surface area contributed by atoms with Crippen molar-refractivity contribution < 1.29 is 9.09 Å². The van der Waals surface area contributed by atoms with E-state index in [1.807, 2.05) is 98.7 Å². The van der Waals surface area contributed by atoms with E-state index in [0.29, 0.717) is 11.9 Å². The second-order valence-electron chi connectivity index (χ2n) is 7.95. The average Bonchev–Trinajstić information content (AvgIpc) is 2.83. The van der Waals surface area contributed by atoms with Crippen molar-refractivity contribution in [2.24, 2.45) is 0 Å². The van der Waals surface area contributed by atoms with Crippen molar-refractivity contribution in [3.8, 4) is 0 Å². The van der Waals surface area contributed by atoms with Crippen LogP contribution >= 0.6 is 7.37 Å². The summed E-state index contributed by atoms with van der Waals surface area (Å²) < 4.78 is 20.6. The summed E-state index contributed by atoms with van der Waals surface area (Å²) in [6.07, 6.45) is 0. The van der Waals surface area contributed by atoms with Crippen LogP contribution in [0.3, 0.4) is 0 Å². The molecule has 0 saturated carbocycles. The molecule has 4 aromatic rings. The Morgan fingerprint density at radius 2 is 1.50 bits per heavy atom. The lowest BCUT2D eigenvalue weighted by atomic mass is 10.1. The summed E-state index contributed by atoms with van der Waals surface area (Å²) >= 11 is 0. The van der Waals surface area contributed by atoms with E-state index in [1.165, 1.54) is 5.39 Å². The van der Waals surface area contributed by atoms with E-state index in [-0.39, 0.29) is 0 Å². The van der Waals surface area contributed by atoms with Crippen molar-refractivity contribution in [1.82, 2.24) is 0 Å². The summed E-state index contributed by atoms with van der Waals surface area (Å²) in [4.78, 5) is 2.03. The van der Waals surface area contributed by atoms with Gasteiger partial charge in [0.05, 0.1) is 6.61 Å². The summed E-state index contributed by atoms with van der Waals surface area (Å²) in [6.45, 7) is 2.24. The molecule has 0 spiro atoms. The smallest absolute Gasteiger partial charge is 0.258 e. The third kappa shape index (κ3) is 4.57. The number of rotatable bonds is 8. The van der Waals surface area contributed by atoms with Crippen molar-refractivity contribution in [2.45, 2.75) is 12.7 Å². The van der Waals surface area contributed by atoms with Crippen LogP contribution in [0.4, 0.5) is 11.4 Å². The van der Waals surface area contributed by atoms with E-state index in [2.05, 4.69) is 29.6 Å². The molecule has 2 unspecified atom stereocenters. The summed E-state index contributed by atoms with van der Waals surface area (Å²) in [5.41, 5.74) is 2.88. The molecule has 164 valence electrons. The van der Waals surface area contributed by atoms with Crippen LogP contribution in [0, 0.1) is 0 Å². The van der Waals surface area contributed by atoms with Gasteiger partial charge in [-0.25, -0.2) is 0 Å². The first-order chi connectivity index (χ1) is 15.5. The zero-order valence-electron chi connectivity index (χ0n) is 18.7. The minimum absolute atomic E-state index is 0.357. The number of hydrogen-bond acceptors (Lipinski definition) is 4. The molecule has 32 heavy (non-hydrogen) atoms. The molecule has 0 aliphatic rings. The number of fused-ring (bicyclic) bond motifs is 1. The van der Waals surface area contributed by atoms with E-state index in [4.69, 9.17) is 4.52 Å². The Labute approximate surface area is 190 Å². The predicted octanol–water partition coefficient (Wildman–Crippen LogP) is 6.66.